The standard InChI is InChI=1S/C15H26N2/c1-12(2)14-9-6-8-13(3)15(14)17(5)11-7-10-16-4/h6,8-9,12,16H,7,10-11H2,1-5H3. The van der Waals surface area contributed by atoms with Gasteiger partial charge in [-0.1, -0.05) is 32.0 Å². The number of aryl methyl sites for hydroxylation is 1. The maximum Gasteiger partial charge on any atom is 0.0428 e. The fourth-order valence-corrected chi connectivity index (χ4v) is 2.27. The summed E-state index contributed by atoms with van der Waals surface area (Å²) in [5, 5.41) is 3.20. The molecule has 0 radical (unpaired) electrons. The number of nitrogens with zero attached hydrogens (tertiary/aromatic N) is 1. The molecule has 0 amide bonds. The summed E-state index contributed by atoms with van der Waals surface area (Å²) in [6, 6.07) is 6.62. The molecule has 2 nitrogen and oxygen atoms in total. The molecule has 0 saturated heterocycles. The summed E-state index contributed by atoms with van der Waals surface area (Å²) in [7, 11) is 4.21. The van der Waals surface area contributed by atoms with E-state index in [9.17, 15) is 0 Å². The molecule has 0 bridgehead atoms. The van der Waals surface area contributed by atoms with Crippen LogP contribution in [-0.4, -0.2) is 27.2 Å². The third kappa shape index (κ3) is 3.74. The number of benzene rings is 1. The van der Waals surface area contributed by atoms with E-state index in [4.69, 9.17) is 0 Å². The van der Waals surface area contributed by atoms with E-state index >= 15 is 0 Å². The largest absolute Gasteiger partial charge is 0.374 e. The van der Waals surface area contributed by atoms with E-state index < -0.39 is 0 Å². The van der Waals surface area contributed by atoms with Gasteiger partial charge in [-0.15, -0.1) is 0 Å². The lowest BCUT2D eigenvalue weighted by Gasteiger charge is -2.26. The van der Waals surface area contributed by atoms with E-state index in [1.54, 1.807) is 0 Å². The average Bonchev–Trinajstić information content (AvgIpc) is 2.28. The molecule has 1 N–H and O–H groups in total. The molecule has 0 aliphatic rings. The monoisotopic (exact) mass is 234 g/mol. The summed E-state index contributed by atoms with van der Waals surface area (Å²) in [6.45, 7) is 8.91. The Bertz CT molecular complexity index is 345. The van der Waals surface area contributed by atoms with Crippen LogP contribution in [0.15, 0.2) is 18.2 Å². The molecule has 1 aromatic carbocycles. The van der Waals surface area contributed by atoms with Gasteiger partial charge in [0.25, 0.3) is 0 Å². The smallest absolute Gasteiger partial charge is 0.0428 e. The maximum atomic E-state index is 3.20. The summed E-state index contributed by atoms with van der Waals surface area (Å²) >= 11 is 0. The van der Waals surface area contributed by atoms with Crippen LogP contribution < -0.4 is 10.2 Å². The molecule has 0 aliphatic carbocycles. The van der Waals surface area contributed by atoms with Crippen LogP contribution in [0, 0.1) is 6.92 Å². The lowest BCUT2D eigenvalue weighted by atomic mass is 9.97. The molecule has 2 heteroatoms. The molecule has 0 fully saturated rings. The summed E-state index contributed by atoms with van der Waals surface area (Å²) in [5.74, 6) is 0.580. The second-order valence-electron chi connectivity index (χ2n) is 5.05. The molecule has 0 saturated carbocycles. The number of para-hydroxylation sites is 1. The average molecular weight is 234 g/mol. The lowest BCUT2D eigenvalue weighted by molar-refractivity contribution is 0.708. The van der Waals surface area contributed by atoms with Crippen molar-refractivity contribution in [1.29, 1.82) is 0 Å². The zero-order chi connectivity index (χ0) is 12.8. The van der Waals surface area contributed by atoms with Crippen molar-refractivity contribution in [3.63, 3.8) is 0 Å². The number of anilines is 1. The molecule has 1 rings (SSSR count). The van der Waals surface area contributed by atoms with Gasteiger partial charge in [-0.3, -0.25) is 0 Å². The minimum Gasteiger partial charge on any atom is -0.374 e. The van der Waals surface area contributed by atoms with E-state index in [0.29, 0.717) is 5.92 Å². The van der Waals surface area contributed by atoms with Gasteiger partial charge in [-0.05, 0) is 44.0 Å². The van der Waals surface area contributed by atoms with Crippen LogP contribution in [0.1, 0.15) is 37.3 Å². The van der Waals surface area contributed by atoms with E-state index in [2.05, 4.69) is 56.2 Å². The van der Waals surface area contributed by atoms with Gasteiger partial charge >= 0.3 is 0 Å². The van der Waals surface area contributed by atoms with Crippen molar-refractivity contribution >= 4 is 5.69 Å². The van der Waals surface area contributed by atoms with Crippen molar-refractivity contribution in [1.82, 2.24) is 5.32 Å². The molecule has 0 atom stereocenters. The lowest BCUT2D eigenvalue weighted by Crippen LogP contribution is -2.24. The summed E-state index contributed by atoms with van der Waals surface area (Å²) in [6.07, 6.45) is 1.18. The topological polar surface area (TPSA) is 15.3 Å². The Balaban J connectivity index is 2.87. The highest BCUT2D eigenvalue weighted by Crippen LogP contribution is 2.30. The Labute approximate surface area is 106 Å². The Morgan fingerprint density at radius 1 is 1.29 bits per heavy atom. The van der Waals surface area contributed by atoms with Gasteiger partial charge in [0.15, 0.2) is 0 Å². The van der Waals surface area contributed by atoms with E-state index in [-0.39, 0.29) is 0 Å². The van der Waals surface area contributed by atoms with Gasteiger partial charge < -0.3 is 10.2 Å². The van der Waals surface area contributed by atoms with Crippen LogP contribution in [0.25, 0.3) is 0 Å². The molecule has 0 heterocycles. The summed E-state index contributed by atoms with van der Waals surface area (Å²) in [4.78, 5) is 2.39. The molecule has 1 aromatic rings. The second-order valence-corrected chi connectivity index (χ2v) is 5.05. The molecule has 0 unspecified atom stereocenters. The summed E-state index contributed by atoms with van der Waals surface area (Å²) in [5.41, 5.74) is 4.25. The van der Waals surface area contributed by atoms with E-state index in [1.807, 2.05) is 7.05 Å². The highest BCUT2D eigenvalue weighted by atomic mass is 15.1. The van der Waals surface area contributed by atoms with Crippen LogP contribution in [0.3, 0.4) is 0 Å². The molecule has 0 aromatic heterocycles. The Morgan fingerprint density at radius 3 is 2.59 bits per heavy atom. The molecular weight excluding hydrogens is 208 g/mol. The van der Waals surface area contributed by atoms with Crippen molar-refractivity contribution in [2.45, 2.75) is 33.1 Å². The van der Waals surface area contributed by atoms with Crippen LogP contribution in [0.4, 0.5) is 5.69 Å². The zero-order valence-corrected chi connectivity index (χ0v) is 11.9. The van der Waals surface area contributed by atoms with Crippen LogP contribution in [0.2, 0.25) is 0 Å². The van der Waals surface area contributed by atoms with E-state index in [0.717, 1.165) is 13.1 Å². The normalized spacial score (nSPS) is 10.9. The van der Waals surface area contributed by atoms with Gasteiger partial charge in [0.05, 0.1) is 0 Å². The highest BCUT2D eigenvalue weighted by Gasteiger charge is 2.12. The minimum absolute atomic E-state index is 0.580. The predicted molar refractivity (Wildman–Crippen MR) is 77.1 cm³/mol. The van der Waals surface area contributed by atoms with Gasteiger partial charge in [-0.2, -0.15) is 0 Å². The number of hydrogen-bond donors (Lipinski definition) is 1. The molecule has 0 spiro atoms. The third-order valence-electron chi connectivity index (χ3n) is 3.19. The fraction of sp³-hybridized carbons (Fsp3) is 0.600. The van der Waals surface area contributed by atoms with Crippen LogP contribution in [-0.2, 0) is 0 Å². The number of nitrogens with one attached hydrogen (secondary N) is 1. The number of rotatable bonds is 6. The highest BCUT2D eigenvalue weighted by molar-refractivity contribution is 5.59. The Hall–Kier alpha value is -1.02. The first-order valence-electron chi connectivity index (χ1n) is 6.53. The zero-order valence-electron chi connectivity index (χ0n) is 11.9. The van der Waals surface area contributed by atoms with Gasteiger partial charge in [0.1, 0.15) is 0 Å². The van der Waals surface area contributed by atoms with Crippen molar-refractivity contribution in [3.8, 4) is 0 Å². The van der Waals surface area contributed by atoms with Crippen molar-refractivity contribution in [2.75, 3.05) is 32.1 Å². The molecule has 96 valence electrons. The first-order chi connectivity index (χ1) is 8.07. The first kappa shape index (κ1) is 14.0. The second kappa shape index (κ2) is 6.65. The van der Waals surface area contributed by atoms with E-state index in [1.165, 1.54) is 23.2 Å². The predicted octanol–water partition coefficient (Wildman–Crippen LogP) is 3.16. The quantitative estimate of drug-likeness (QED) is 0.761. The summed E-state index contributed by atoms with van der Waals surface area (Å²) < 4.78 is 0. The fourth-order valence-electron chi connectivity index (χ4n) is 2.27. The minimum atomic E-state index is 0.580. The molecule has 0 aliphatic heterocycles. The molecule has 17 heavy (non-hydrogen) atoms. The van der Waals surface area contributed by atoms with Gasteiger partial charge in [-0.25, -0.2) is 0 Å². The van der Waals surface area contributed by atoms with Crippen LogP contribution in [0.5, 0.6) is 0 Å². The Morgan fingerprint density at radius 2 is 2.00 bits per heavy atom. The van der Waals surface area contributed by atoms with Crippen molar-refractivity contribution in [2.24, 2.45) is 0 Å². The van der Waals surface area contributed by atoms with Gasteiger partial charge in [0, 0.05) is 19.3 Å². The number of hydrogen-bond acceptors (Lipinski definition) is 2. The van der Waals surface area contributed by atoms with Crippen molar-refractivity contribution < 1.29 is 0 Å². The molecular formula is C15H26N2. The Kier molecular flexibility index (Phi) is 5.49. The maximum absolute atomic E-state index is 3.20. The van der Waals surface area contributed by atoms with Crippen LogP contribution >= 0.6 is 0 Å². The first-order valence-corrected chi connectivity index (χ1v) is 6.53. The third-order valence-corrected chi connectivity index (χ3v) is 3.19. The SMILES string of the molecule is CNCCCN(C)c1c(C)cccc1C(C)C. The van der Waals surface area contributed by atoms with Gasteiger partial charge in [0.2, 0.25) is 0 Å². The van der Waals surface area contributed by atoms with Crippen molar-refractivity contribution in [3.05, 3.63) is 29.3 Å².